The summed E-state index contributed by atoms with van der Waals surface area (Å²) < 4.78 is 64.5. The van der Waals surface area contributed by atoms with E-state index in [9.17, 15) is 22.2 Å². The number of rotatable bonds is 3. The molecule has 1 heterocycles. The van der Waals surface area contributed by atoms with Crippen LogP contribution in [0.5, 0.6) is 5.88 Å². The minimum atomic E-state index is -3.14. The van der Waals surface area contributed by atoms with Gasteiger partial charge in [0.1, 0.15) is 11.5 Å². The predicted molar refractivity (Wildman–Crippen MR) is 67.7 cm³/mol. The van der Waals surface area contributed by atoms with Crippen LogP contribution in [0.2, 0.25) is 0 Å². The van der Waals surface area contributed by atoms with Crippen molar-refractivity contribution in [2.75, 3.05) is 4.31 Å². The molecule has 0 fully saturated rings. The maximum absolute atomic E-state index is 13.6. The van der Waals surface area contributed by atoms with E-state index >= 15 is 0 Å². The number of aromatic nitrogens is 1. The number of anilines is 1. The lowest BCUT2D eigenvalue weighted by Crippen LogP contribution is -2.36. The van der Waals surface area contributed by atoms with E-state index in [1.54, 1.807) is 0 Å². The summed E-state index contributed by atoms with van der Waals surface area (Å²) in [6.45, 7) is 0. The van der Waals surface area contributed by atoms with Crippen molar-refractivity contribution in [1.82, 2.24) is 4.98 Å². The van der Waals surface area contributed by atoms with Crippen LogP contribution in [0.3, 0.4) is 0 Å². The van der Waals surface area contributed by atoms with Gasteiger partial charge in [-0.2, -0.15) is 4.31 Å². The second-order valence-electron chi connectivity index (χ2n) is 3.44. The zero-order valence-corrected chi connectivity index (χ0v) is 11.5. The van der Waals surface area contributed by atoms with Gasteiger partial charge in [0.2, 0.25) is 5.88 Å². The maximum atomic E-state index is 13.6. The zero-order valence-electron chi connectivity index (χ0n) is 9.83. The molecule has 2 aromatic rings. The highest BCUT2D eigenvalue weighted by Gasteiger charge is 2.30. The van der Waals surface area contributed by atoms with Crippen LogP contribution >= 0.6 is 11.3 Å². The number of carbonyl (C=O) groups is 1. The van der Waals surface area contributed by atoms with Crippen molar-refractivity contribution in [3.05, 3.63) is 40.5 Å². The van der Waals surface area contributed by atoms with Crippen molar-refractivity contribution < 1.29 is 31.5 Å². The van der Waals surface area contributed by atoms with Crippen molar-refractivity contribution in [1.29, 1.82) is 0 Å². The number of ether oxygens (including phenoxy) is 1. The summed E-state index contributed by atoms with van der Waals surface area (Å²) in [5.74, 6) is -4.54. The first kappa shape index (κ1) is 15.4. The molecular formula is C10H5F3N2O4S2. The molecule has 1 aromatic heterocycles. The molecule has 0 aliphatic heterocycles. The Morgan fingerprint density at radius 2 is 1.95 bits per heavy atom. The molecule has 1 unspecified atom stereocenters. The van der Waals surface area contributed by atoms with Gasteiger partial charge in [0.25, 0.3) is 11.3 Å². The molecule has 1 aromatic carbocycles. The highest BCUT2D eigenvalue weighted by molar-refractivity contribution is 7.81. The summed E-state index contributed by atoms with van der Waals surface area (Å²) in [6, 6.07) is 0.517. The van der Waals surface area contributed by atoms with Crippen molar-refractivity contribution in [2.24, 2.45) is 0 Å². The van der Waals surface area contributed by atoms with Crippen LogP contribution in [-0.2, 0) is 11.3 Å². The van der Waals surface area contributed by atoms with E-state index in [2.05, 4.69) is 9.72 Å². The van der Waals surface area contributed by atoms with Gasteiger partial charge in [0.05, 0.1) is 10.9 Å². The smallest absolute Gasteiger partial charge is 0.389 e. The van der Waals surface area contributed by atoms with Gasteiger partial charge in [-0.25, -0.2) is 27.2 Å². The van der Waals surface area contributed by atoms with Gasteiger partial charge in [-0.3, -0.25) is 4.55 Å². The largest absolute Gasteiger partial charge is 0.435 e. The number of hydrogen-bond acceptors (Lipinski definition) is 5. The lowest BCUT2D eigenvalue weighted by molar-refractivity contribution is 0.209. The summed E-state index contributed by atoms with van der Waals surface area (Å²) in [7, 11) is 0. The Labute approximate surface area is 122 Å². The molecule has 0 aliphatic rings. The molecule has 11 heteroatoms. The number of carbonyl (C=O) groups excluding carboxylic acids is 1. The fourth-order valence-corrected chi connectivity index (χ4v) is 2.29. The van der Waals surface area contributed by atoms with Crippen molar-refractivity contribution in [3.63, 3.8) is 0 Å². The molecule has 21 heavy (non-hydrogen) atoms. The molecule has 2 rings (SSSR count). The molecular weight excluding hydrogens is 333 g/mol. The second kappa shape index (κ2) is 6.20. The van der Waals surface area contributed by atoms with Crippen LogP contribution in [0.1, 0.15) is 0 Å². The van der Waals surface area contributed by atoms with Crippen molar-refractivity contribution >= 4 is 34.4 Å². The number of amides is 1. The van der Waals surface area contributed by atoms with Crippen LogP contribution in [0.15, 0.2) is 23.0 Å². The molecule has 0 saturated heterocycles. The third-order valence-corrected chi connectivity index (χ3v) is 3.32. The summed E-state index contributed by atoms with van der Waals surface area (Å²) >= 11 is -2.08. The molecule has 0 aliphatic carbocycles. The Balaban J connectivity index is 2.40. The number of benzene rings is 1. The van der Waals surface area contributed by atoms with Gasteiger partial charge in [0.15, 0.2) is 11.6 Å². The Morgan fingerprint density at radius 1 is 1.33 bits per heavy atom. The third-order valence-electron chi connectivity index (χ3n) is 2.11. The Hall–Kier alpha value is -1.98. The maximum Gasteiger partial charge on any atom is 0.435 e. The van der Waals surface area contributed by atoms with Crippen molar-refractivity contribution in [2.45, 2.75) is 0 Å². The molecule has 0 spiro atoms. The molecule has 0 saturated carbocycles. The quantitative estimate of drug-likeness (QED) is 0.871. The van der Waals surface area contributed by atoms with E-state index < -0.39 is 40.5 Å². The van der Waals surface area contributed by atoms with E-state index in [1.807, 2.05) is 0 Å². The summed E-state index contributed by atoms with van der Waals surface area (Å²) in [6.07, 6.45) is -1.55. The Kier molecular flexibility index (Phi) is 4.55. The first-order valence-electron chi connectivity index (χ1n) is 5.05. The topological polar surface area (TPSA) is 79.7 Å². The minimum Gasteiger partial charge on any atom is -0.389 e. The average molecular weight is 338 g/mol. The molecule has 112 valence electrons. The first-order valence-corrected chi connectivity index (χ1v) is 7.06. The van der Waals surface area contributed by atoms with Crippen molar-refractivity contribution in [3.8, 4) is 5.88 Å². The van der Waals surface area contributed by atoms with Crippen LogP contribution in [0.25, 0.3) is 0 Å². The van der Waals surface area contributed by atoms with E-state index in [-0.39, 0.29) is 22.3 Å². The zero-order chi connectivity index (χ0) is 15.6. The minimum absolute atomic E-state index is 0.205. The normalized spacial score (nSPS) is 12.0. The highest BCUT2D eigenvalue weighted by atomic mass is 32.2. The number of thiazole rings is 1. The summed E-state index contributed by atoms with van der Waals surface area (Å²) in [4.78, 5) is 15.3. The van der Waals surface area contributed by atoms with Gasteiger partial charge >= 0.3 is 6.09 Å². The number of nitrogens with zero attached hydrogens (tertiary/aromatic N) is 2. The van der Waals surface area contributed by atoms with Gasteiger partial charge < -0.3 is 4.74 Å². The van der Waals surface area contributed by atoms with E-state index in [4.69, 9.17) is 4.55 Å². The van der Waals surface area contributed by atoms with Crippen LogP contribution in [0, 0.1) is 17.5 Å². The Bertz CT molecular complexity index is 673. The standard InChI is InChI=1S/C10H5F3N2O4S2/c11-5-1-6(12)9(7(13)2-5)15(21(17)18)10(16)19-8-3-20-4-14-8/h1-4H,(H,17,18). The average Bonchev–Trinajstić information content (AvgIpc) is 2.85. The molecule has 6 nitrogen and oxygen atoms in total. The van der Waals surface area contributed by atoms with Gasteiger partial charge in [-0.05, 0) is 0 Å². The number of halogens is 3. The number of hydrogen-bond donors (Lipinski definition) is 1. The van der Waals surface area contributed by atoms with Gasteiger partial charge in [-0.15, -0.1) is 11.3 Å². The SMILES string of the molecule is O=C(Oc1cscn1)N(c1c(F)cc(F)cc1F)S(=O)O. The molecule has 1 N–H and O–H groups in total. The molecule has 0 radical (unpaired) electrons. The summed E-state index contributed by atoms with van der Waals surface area (Å²) in [5.41, 5.74) is 0.0968. The monoisotopic (exact) mass is 338 g/mol. The van der Waals surface area contributed by atoms with E-state index in [1.165, 1.54) is 10.9 Å². The summed E-state index contributed by atoms with van der Waals surface area (Å²) in [5, 5.41) is 1.29. The van der Waals surface area contributed by atoms with Crippen LogP contribution in [0.4, 0.5) is 23.7 Å². The fraction of sp³-hybridized carbons (Fsp3) is 0. The predicted octanol–water partition coefficient (Wildman–Crippen LogP) is 2.70. The van der Waals surface area contributed by atoms with E-state index in [0.717, 1.165) is 11.3 Å². The molecule has 1 amide bonds. The fourth-order valence-electron chi connectivity index (χ4n) is 1.34. The van der Waals surface area contributed by atoms with Gasteiger partial charge in [-0.1, -0.05) is 0 Å². The Morgan fingerprint density at radius 3 is 2.43 bits per heavy atom. The third kappa shape index (κ3) is 3.37. The highest BCUT2D eigenvalue weighted by Crippen LogP contribution is 2.26. The molecule has 1 atom stereocenters. The lowest BCUT2D eigenvalue weighted by Gasteiger charge is -2.17. The lowest BCUT2D eigenvalue weighted by atomic mass is 10.3. The first-order chi connectivity index (χ1) is 9.90. The van der Waals surface area contributed by atoms with Crippen LogP contribution in [-0.4, -0.2) is 19.8 Å². The second-order valence-corrected chi connectivity index (χ2v) is 4.98. The van der Waals surface area contributed by atoms with E-state index in [0.29, 0.717) is 0 Å². The molecule has 0 bridgehead atoms. The van der Waals surface area contributed by atoms with Crippen LogP contribution < -0.4 is 9.04 Å². The van der Waals surface area contributed by atoms with Gasteiger partial charge in [0, 0.05) is 12.1 Å².